The van der Waals surface area contributed by atoms with Crippen LogP contribution in [0.1, 0.15) is 26.2 Å². The van der Waals surface area contributed by atoms with Crippen molar-refractivity contribution in [3.63, 3.8) is 0 Å². The van der Waals surface area contributed by atoms with Crippen molar-refractivity contribution in [2.24, 2.45) is 0 Å². The molecule has 0 spiro atoms. The summed E-state index contributed by atoms with van der Waals surface area (Å²) < 4.78 is 0. The molecule has 0 atom stereocenters. The molecule has 0 aromatic carbocycles. The van der Waals surface area contributed by atoms with Crippen LogP contribution in [-0.2, 0) is 4.79 Å². The molecule has 2 aliphatic rings. The Morgan fingerprint density at radius 2 is 1.52 bits per heavy atom. The number of rotatable bonds is 5. The van der Waals surface area contributed by atoms with Crippen molar-refractivity contribution < 1.29 is 4.79 Å². The summed E-state index contributed by atoms with van der Waals surface area (Å²) >= 11 is 0. The number of carbonyl (C=O) groups excluding carboxylic acids is 1. The zero-order chi connectivity index (χ0) is 17.6. The first-order chi connectivity index (χ1) is 12.2. The van der Waals surface area contributed by atoms with E-state index in [1.165, 1.54) is 0 Å². The van der Waals surface area contributed by atoms with Crippen molar-refractivity contribution >= 4 is 17.5 Å². The molecule has 138 valence electrons. The van der Waals surface area contributed by atoms with Gasteiger partial charge in [0.2, 0.25) is 5.91 Å². The molecule has 0 unspecified atom stereocenters. The molecule has 1 aromatic rings. The zero-order valence-corrected chi connectivity index (χ0v) is 15.5. The molecule has 3 rings (SSSR count). The fourth-order valence-electron chi connectivity index (χ4n) is 3.39. The SMILES string of the molecule is CCCCC(=O)N1CCN(c2cc(N3CCN(C)CC3)ncn2)CC1. The third-order valence-electron chi connectivity index (χ3n) is 5.17. The summed E-state index contributed by atoms with van der Waals surface area (Å²) in [5, 5.41) is 0. The molecular formula is C18H30N6O. The van der Waals surface area contributed by atoms with Gasteiger partial charge in [-0.15, -0.1) is 0 Å². The lowest BCUT2D eigenvalue weighted by Gasteiger charge is -2.36. The second-order valence-corrected chi connectivity index (χ2v) is 7.00. The largest absolute Gasteiger partial charge is 0.354 e. The van der Waals surface area contributed by atoms with Gasteiger partial charge in [-0.25, -0.2) is 9.97 Å². The van der Waals surface area contributed by atoms with Crippen LogP contribution in [0.15, 0.2) is 12.4 Å². The van der Waals surface area contributed by atoms with E-state index in [9.17, 15) is 4.79 Å². The number of aromatic nitrogens is 2. The Hall–Kier alpha value is -1.89. The summed E-state index contributed by atoms with van der Waals surface area (Å²) in [6.45, 7) is 9.54. The Labute approximate surface area is 150 Å². The monoisotopic (exact) mass is 346 g/mol. The van der Waals surface area contributed by atoms with Gasteiger partial charge < -0.3 is 19.6 Å². The predicted molar refractivity (Wildman–Crippen MR) is 100 cm³/mol. The lowest BCUT2D eigenvalue weighted by Crippen LogP contribution is -2.49. The predicted octanol–water partition coefficient (Wildman–Crippen LogP) is 1.07. The molecule has 3 heterocycles. The number of hydrogen-bond acceptors (Lipinski definition) is 6. The van der Waals surface area contributed by atoms with Crippen LogP contribution in [0.5, 0.6) is 0 Å². The third-order valence-corrected chi connectivity index (χ3v) is 5.17. The topological polar surface area (TPSA) is 55.8 Å². The molecule has 7 heteroatoms. The molecule has 0 N–H and O–H groups in total. The quantitative estimate of drug-likeness (QED) is 0.795. The molecule has 2 aliphatic heterocycles. The molecule has 0 radical (unpaired) electrons. The normalized spacial score (nSPS) is 19.4. The van der Waals surface area contributed by atoms with Gasteiger partial charge in [-0.05, 0) is 13.5 Å². The van der Waals surface area contributed by atoms with E-state index in [2.05, 4.69) is 44.7 Å². The highest BCUT2D eigenvalue weighted by molar-refractivity contribution is 5.76. The van der Waals surface area contributed by atoms with Crippen LogP contribution >= 0.6 is 0 Å². The van der Waals surface area contributed by atoms with E-state index in [0.29, 0.717) is 12.3 Å². The summed E-state index contributed by atoms with van der Waals surface area (Å²) in [4.78, 5) is 30.0. The van der Waals surface area contributed by atoms with Crippen molar-refractivity contribution in [1.82, 2.24) is 19.8 Å². The first kappa shape index (κ1) is 17.9. The van der Waals surface area contributed by atoms with E-state index in [1.54, 1.807) is 6.33 Å². The smallest absolute Gasteiger partial charge is 0.222 e. The summed E-state index contributed by atoms with van der Waals surface area (Å²) in [5.41, 5.74) is 0. The van der Waals surface area contributed by atoms with Crippen LogP contribution < -0.4 is 9.80 Å². The van der Waals surface area contributed by atoms with Crippen LogP contribution in [0.4, 0.5) is 11.6 Å². The number of unbranched alkanes of at least 4 members (excludes halogenated alkanes) is 1. The number of likely N-dealkylation sites (N-methyl/N-ethyl adjacent to an activating group) is 1. The van der Waals surface area contributed by atoms with Crippen LogP contribution in [0, 0.1) is 0 Å². The minimum absolute atomic E-state index is 0.294. The highest BCUT2D eigenvalue weighted by Crippen LogP contribution is 2.20. The third kappa shape index (κ3) is 4.60. The van der Waals surface area contributed by atoms with Gasteiger partial charge in [0.15, 0.2) is 0 Å². The average molecular weight is 346 g/mol. The van der Waals surface area contributed by atoms with Crippen molar-refractivity contribution in [2.75, 3.05) is 69.2 Å². The number of amides is 1. The second-order valence-electron chi connectivity index (χ2n) is 7.00. The van der Waals surface area contributed by atoms with Gasteiger partial charge in [-0.1, -0.05) is 13.3 Å². The van der Waals surface area contributed by atoms with E-state index in [4.69, 9.17) is 0 Å². The summed E-state index contributed by atoms with van der Waals surface area (Å²) in [5.74, 6) is 2.28. The van der Waals surface area contributed by atoms with Crippen LogP contribution in [-0.4, -0.2) is 85.1 Å². The first-order valence-corrected chi connectivity index (χ1v) is 9.45. The summed E-state index contributed by atoms with van der Waals surface area (Å²) in [6.07, 6.45) is 4.40. The van der Waals surface area contributed by atoms with Gasteiger partial charge in [0.1, 0.15) is 18.0 Å². The molecule has 7 nitrogen and oxygen atoms in total. The molecule has 1 amide bonds. The Morgan fingerprint density at radius 3 is 2.08 bits per heavy atom. The number of nitrogens with zero attached hydrogens (tertiary/aromatic N) is 6. The zero-order valence-electron chi connectivity index (χ0n) is 15.5. The fourth-order valence-corrected chi connectivity index (χ4v) is 3.39. The summed E-state index contributed by atoms with van der Waals surface area (Å²) in [6, 6.07) is 2.10. The van der Waals surface area contributed by atoms with Crippen molar-refractivity contribution in [3.8, 4) is 0 Å². The Bertz CT molecular complexity index is 564. The molecule has 0 bridgehead atoms. The Kier molecular flexibility index (Phi) is 6.07. The average Bonchev–Trinajstić information content (AvgIpc) is 2.67. The number of carbonyl (C=O) groups is 1. The van der Waals surface area contributed by atoms with Gasteiger partial charge in [0.25, 0.3) is 0 Å². The maximum atomic E-state index is 12.2. The van der Waals surface area contributed by atoms with E-state index >= 15 is 0 Å². The number of hydrogen-bond donors (Lipinski definition) is 0. The van der Waals surface area contributed by atoms with Crippen LogP contribution in [0.3, 0.4) is 0 Å². The highest BCUT2D eigenvalue weighted by Gasteiger charge is 2.22. The maximum absolute atomic E-state index is 12.2. The van der Waals surface area contributed by atoms with Gasteiger partial charge in [0, 0.05) is 64.8 Å². The van der Waals surface area contributed by atoms with Crippen LogP contribution in [0.25, 0.3) is 0 Å². The van der Waals surface area contributed by atoms with Crippen LogP contribution in [0.2, 0.25) is 0 Å². The minimum Gasteiger partial charge on any atom is -0.354 e. The Balaban J connectivity index is 1.56. The fraction of sp³-hybridized carbons (Fsp3) is 0.722. The van der Waals surface area contributed by atoms with E-state index in [1.807, 2.05) is 4.90 Å². The molecule has 1 aromatic heterocycles. The van der Waals surface area contributed by atoms with Gasteiger partial charge in [0.05, 0.1) is 0 Å². The van der Waals surface area contributed by atoms with Gasteiger partial charge in [-0.3, -0.25) is 4.79 Å². The standard InChI is InChI=1S/C18H30N6O/c1-3-4-5-18(25)24-12-10-23(11-13-24)17-14-16(19-15-20-17)22-8-6-21(2)7-9-22/h14-15H,3-13H2,1-2H3. The highest BCUT2D eigenvalue weighted by atomic mass is 16.2. The number of anilines is 2. The lowest BCUT2D eigenvalue weighted by atomic mass is 10.2. The molecule has 0 aliphatic carbocycles. The van der Waals surface area contributed by atoms with Crippen molar-refractivity contribution in [2.45, 2.75) is 26.2 Å². The first-order valence-electron chi connectivity index (χ1n) is 9.45. The van der Waals surface area contributed by atoms with Crippen molar-refractivity contribution in [3.05, 3.63) is 12.4 Å². The maximum Gasteiger partial charge on any atom is 0.222 e. The minimum atomic E-state index is 0.294. The van der Waals surface area contributed by atoms with E-state index < -0.39 is 0 Å². The molecular weight excluding hydrogens is 316 g/mol. The molecule has 0 saturated carbocycles. The van der Waals surface area contributed by atoms with E-state index in [-0.39, 0.29) is 0 Å². The lowest BCUT2D eigenvalue weighted by molar-refractivity contribution is -0.131. The Morgan fingerprint density at radius 1 is 0.960 bits per heavy atom. The van der Waals surface area contributed by atoms with Gasteiger partial charge >= 0.3 is 0 Å². The molecule has 2 fully saturated rings. The number of piperazine rings is 2. The molecule has 25 heavy (non-hydrogen) atoms. The second kappa shape index (κ2) is 8.47. The van der Waals surface area contributed by atoms with Crippen molar-refractivity contribution in [1.29, 1.82) is 0 Å². The van der Waals surface area contributed by atoms with Gasteiger partial charge in [-0.2, -0.15) is 0 Å². The molecule has 2 saturated heterocycles. The van der Waals surface area contributed by atoms with E-state index in [0.717, 1.165) is 76.8 Å². The summed E-state index contributed by atoms with van der Waals surface area (Å²) in [7, 11) is 2.16.